The second-order valence-corrected chi connectivity index (χ2v) is 8.43. The van der Waals surface area contributed by atoms with Crippen molar-refractivity contribution in [3.05, 3.63) is 35.9 Å². The number of fused-ring (bicyclic) bond motifs is 1. The molecule has 1 aromatic carbocycles. The Morgan fingerprint density at radius 2 is 2.17 bits per heavy atom. The summed E-state index contributed by atoms with van der Waals surface area (Å²) < 4.78 is 0. The quantitative estimate of drug-likeness (QED) is 0.369. The van der Waals surface area contributed by atoms with E-state index >= 15 is 0 Å². The number of halogens is 1. The second kappa shape index (κ2) is 9.36. The highest BCUT2D eigenvalue weighted by Gasteiger charge is 2.42. The number of para-hydroxylation sites is 1. The Morgan fingerprint density at radius 3 is 2.87 bits per heavy atom. The number of aliphatic imine (C=N–C) groups is 1. The van der Waals surface area contributed by atoms with Crippen molar-refractivity contribution < 1.29 is 4.79 Å². The molecule has 1 unspecified atom stereocenters. The molecule has 30 heavy (non-hydrogen) atoms. The first-order valence-corrected chi connectivity index (χ1v) is 10.3. The van der Waals surface area contributed by atoms with Crippen LogP contribution in [0.15, 0.2) is 35.3 Å². The molecule has 7 nitrogen and oxygen atoms in total. The highest BCUT2D eigenvalue weighted by molar-refractivity contribution is 14.0. The van der Waals surface area contributed by atoms with Crippen molar-refractivity contribution in [3.8, 4) is 0 Å². The lowest BCUT2D eigenvalue weighted by atomic mass is 9.79. The number of aromatic nitrogens is 1. The van der Waals surface area contributed by atoms with Gasteiger partial charge in [-0.2, -0.15) is 0 Å². The lowest BCUT2D eigenvalue weighted by molar-refractivity contribution is -0.119. The third kappa shape index (κ3) is 4.63. The van der Waals surface area contributed by atoms with Crippen molar-refractivity contribution in [1.82, 2.24) is 20.5 Å². The maximum atomic E-state index is 11.8. The monoisotopic (exact) mass is 522 g/mol. The first-order chi connectivity index (χ1) is 14.0. The van der Waals surface area contributed by atoms with E-state index in [0.717, 1.165) is 55.2 Å². The van der Waals surface area contributed by atoms with Crippen LogP contribution in [0.1, 0.15) is 24.8 Å². The summed E-state index contributed by atoms with van der Waals surface area (Å²) in [4.78, 5) is 25.4. The molecule has 1 spiro atoms. The number of hydrogen-bond acceptors (Lipinski definition) is 4. The SMILES string of the molecule is CN=C(NCc1cc(N(C)C)nc2ccccc12)N1CCCC2(CNC(=O)C2)C1.I. The molecule has 2 saturated heterocycles. The van der Waals surface area contributed by atoms with Crippen LogP contribution >= 0.6 is 24.0 Å². The van der Waals surface area contributed by atoms with Gasteiger partial charge in [0.15, 0.2) is 5.96 Å². The van der Waals surface area contributed by atoms with E-state index in [1.165, 1.54) is 5.56 Å². The summed E-state index contributed by atoms with van der Waals surface area (Å²) in [7, 11) is 5.85. The molecular weight excluding hydrogens is 491 g/mol. The molecule has 162 valence electrons. The van der Waals surface area contributed by atoms with Gasteiger partial charge < -0.3 is 20.4 Å². The van der Waals surface area contributed by atoms with E-state index in [9.17, 15) is 4.79 Å². The zero-order chi connectivity index (χ0) is 20.4. The minimum Gasteiger partial charge on any atom is -0.363 e. The van der Waals surface area contributed by atoms with Gasteiger partial charge in [0.1, 0.15) is 5.82 Å². The standard InChI is InChI=1S/C22H30N6O.HI/c1-23-21(28-10-6-9-22(15-28)12-20(29)25-14-22)24-13-16-11-19(27(2)3)26-18-8-5-4-7-17(16)18;/h4-5,7-8,11H,6,9-10,12-15H2,1-3H3,(H,23,24)(H,25,29);1H. The van der Waals surface area contributed by atoms with Gasteiger partial charge in [0.2, 0.25) is 5.91 Å². The Balaban J connectivity index is 0.00000256. The van der Waals surface area contributed by atoms with Crippen molar-refractivity contribution in [2.24, 2.45) is 10.4 Å². The second-order valence-electron chi connectivity index (χ2n) is 8.43. The molecule has 0 aliphatic carbocycles. The number of anilines is 1. The Morgan fingerprint density at radius 1 is 1.37 bits per heavy atom. The fourth-order valence-electron chi connectivity index (χ4n) is 4.54. The van der Waals surface area contributed by atoms with Crippen LogP contribution in [0.3, 0.4) is 0 Å². The number of nitrogens with one attached hydrogen (secondary N) is 2. The number of nitrogens with zero attached hydrogens (tertiary/aromatic N) is 4. The molecule has 2 fully saturated rings. The molecule has 1 atom stereocenters. The molecule has 0 bridgehead atoms. The summed E-state index contributed by atoms with van der Waals surface area (Å²) >= 11 is 0. The largest absolute Gasteiger partial charge is 0.363 e. The summed E-state index contributed by atoms with van der Waals surface area (Å²) in [6.45, 7) is 3.29. The van der Waals surface area contributed by atoms with Crippen molar-refractivity contribution >= 4 is 52.6 Å². The maximum Gasteiger partial charge on any atom is 0.220 e. The van der Waals surface area contributed by atoms with Gasteiger partial charge in [-0.05, 0) is 30.5 Å². The van der Waals surface area contributed by atoms with Gasteiger partial charge in [-0.25, -0.2) is 4.98 Å². The van der Waals surface area contributed by atoms with E-state index in [1.54, 1.807) is 0 Å². The van der Waals surface area contributed by atoms with Crippen molar-refractivity contribution in [1.29, 1.82) is 0 Å². The lowest BCUT2D eigenvalue weighted by Crippen LogP contribution is -2.51. The predicted molar refractivity (Wildman–Crippen MR) is 133 cm³/mol. The number of likely N-dealkylation sites (tertiary alicyclic amines) is 1. The number of guanidine groups is 1. The molecule has 1 aromatic heterocycles. The molecule has 1 amide bonds. The summed E-state index contributed by atoms with van der Waals surface area (Å²) in [5.74, 6) is 2.02. The van der Waals surface area contributed by atoms with Gasteiger partial charge in [-0.3, -0.25) is 9.79 Å². The molecule has 8 heteroatoms. The maximum absolute atomic E-state index is 11.8. The van der Waals surface area contributed by atoms with Gasteiger partial charge in [-0.15, -0.1) is 24.0 Å². The third-order valence-corrected chi connectivity index (χ3v) is 6.05. The molecule has 3 heterocycles. The molecule has 0 radical (unpaired) electrons. The Hall–Kier alpha value is -2.10. The highest BCUT2D eigenvalue weighted by atomic mass is 127. The number of rotatable bonds is 3. The van der Waals surface area contributed by atoms with Crippen molar-refractivity contribution in [2.45, 2.75) is 25.8 Å². The topological polar surface area (TPSA) is 72.9 Å². The summed E-state index contributed by atoms with van der Waals surface area (Å²) in [6.07, 6.45) is 2.81. The van der Waals surface area contributed by atoms with Crippen molar-refractivity contribution in [3.63, 3.8) is 0 Å². The van der Waals surface area contributed by atoms with Gasteiger partial charge in [0.25, 0.3) is 0 Å². The number of pyridine rings is 1. The van der Waals surface area contributed by atoms with Gasteiger partial charge in [0, 0.05) is 64.5 Å². The summed E-state index contributed by atoms with van der Waals surface area (Å²) in [5.41, 5.74) is 2.25. The van der Waals surface area contributed by atoms with E-state index < -0.39 is 0 Å². The van der Waals surface area contributed by atoms with Crippen LogP contribution in [0.4, 0.5) is 5.82 Å². The summed E-state index contributed by atoms with van der Waals surface area (Å²) in [5, 5.41) is 7.72. The fourth-order valence-corrected chi connectivity index (χ4v) is 4.54. The average molecular weight is 522 g/mol. The van der Waals surface area contributed by atoms with E-state index in [1.807, 2.05) is 32.1 Å². The van der Waals surface area contributed by atoms with Crippen LogP contribution in [-0.2, 0) is 11.3 Å². The molecule has 4 rings (SSSR count). The number of amides is 1. The first-order valence-electron chi connectivity index (χ1n) is 10.3. The third-order valence-electron chi connectivity index (χ3n) is 6.05. The number of carbonyl (C=O) groups excluding carboxylic acids is 1. The molecule has 2 aliphatic rings. The Labute approximate surface area is 195 Å². The van der Waals surface area contributed by atoms with Crippen molar-refractivity contribution in [2.75, 3.05) is 45.7 Å². The van der Waals surface area contributed by atoms with Crippen LogP contribution in [0.2, 0.25) is 0 Å². The smallest absolute Gasteiger partial charge is 0.220 e. The molecule has 0 saturated carbocycles. The number of hydrogen-bond donors (Lipinski definition) is 2. The van der Waals surface area contributed by atoms with Crippen LogP contribution in [0.25, 0.3) is 10.9 Å². The van der Waals surface area contributed by atoms with E-state index in [2.05, 4.69) is 44.8 Å². The first kappa shape index (κ1) is 22.6. The van der Waals surface area contributed by atoms with Gasteiger partial charge in [-0.1, -0.05) is 18.2 Å². The zero-order valence-electron chi connectivity index (χ0n) is 17.9. The number of carbonyl (C=O) groups is 1. The molecule has 2 aromatic rings. The highest BCUT2D eigenvalue weighted by Crippen LogP contribution is 2.36. The minimum atomic E-state index is 0. The van der Waals surface area contributed by atoms with Gasteiger partial charge >= 0.3 is 0 Å². The normalized spacial score (nSPS) is 21.5. The number of benzene rings is 1. The van der Waals surface area contributed by atoms with Crippen LogP contribution < -0.4 is 15.5 Å². The average Bonchev–Trinajstić information content (AvgIpc) is 3.07. The van der Waals surface area contributed by atoms with Crippen LogP contribution in [0.5, 0.6) is 0 Å². The Bertz CT molecular complexity index is 946. The van der Waals surface area contributed by atoms with E-state index in [0.29, 0.717) is 13.0 Å². The van der Waals surface area contributed by atoms with E-state index in [4.69, 9.17) is 4.98 Å². The molecular formula is C22H31IN6O. The Kier molecular flexibility index (Phi) is 7.05. The zero-order valence-corrected chi connectivity index (χ0v) is 20.3. The van der Waals surface area contributed by atoms with Gasteiger partial charge in [0.05, 0.1) is 5.52 Å². The minimum absolute atomic E-state index is 0. The van der Waals surface area contributed by atoms with Crippen LogP contribution in [0, 0.1) is 5.41 Å². The summed E-state index contributed by atoms with van der Waals surface area (Å²) in [6, 6.07) is 10.4. The molecule has 2 N–H and O–H groups in total. The van der Waals surface area contributed by atoms with E-state index in [-0.39, 0.29) is 35.3 Å². The lowest BCUT2D eigenvalue weighted by Gasteiger charge is -2.40. The predicted octanol–water partition coefficient (Wildman–Crippen LogP) is 2.60. The van der Waals surface area contributed by atoms with Crippen LogP contribution in [-0.4, -0.2) is 62.5 Å². The molecule has 2 aliphatic heterocycles. The fraction of sp³-hybridized carbons (Fsp3) is 0.500. The number of piperidine rings is 1.